The molecule has 0 N–H and O–H groups in total. The van der Waals surface area contributed by atoms with Gasteiger partial charge in [0.1, 0.15) is 5.75 Å². The molecule has 3 nitrogen and oxygen atoms in total. The topological polar surface area (TPSA) is 51.2 Å². The molecule has 0 atom stereocenters. The van der Waals surface area contributed by atoms with Crippen LogP contribution in [0.15, 0.2) is 0 Å². The lowest BCUT2D eigenvalue weighted by molar-refractivity contribution is -0.123. The van der Waals surface area contributed by atoms with Crippen LogP contribution in [0.5, 0.6) is 0 Å². The normalized spacial score (nSPS) is 12.9. The average Bonchev–Trinajstić information content (AvgIpc) is 1.83. The van der Waals surface area contributed by atoms with Crippen molar-refractivity contribution >= 4 is 15.6 Å². The summed E-state index contributed by atoms with van der Waals surface area (Å²) in [7, 11) is -3.16. The molecular formula is C9H18O3S. The second-order valence-corrected chi connectivity index (χ2v) is 6.45. The molecule has 0 aliphatic carbocycles. The van der Waals surface area contributed by atoms with Gasteiger partial charge in [-0.1, -0.05) is 27.7 Å². The molecule has 0 bridgehead atoms. The van der Waals surface area contributed by atoms with Crippen molar-refractivity contribution in [3.63, 3.8) is 0 Å². The first kappa shape index (κ1) is 12.6. The molecule has 0 saturated carbocycles. The van der Waals surface area contributed by atoms with E-state index in [4.69, 9.17) is 0 Å². The number of sulfone groups is 1. The van der Waals surface area contributed by atoms with Crippen LogP contribution in [0.2, 0.25) is 0 Å². The van der Waals surface area contributed by atoms with Gasteiger partial charge in [-0.2, -0.15) is 0 Å². The summed E-state index contributed by atoms with van der Waals surface area (Å²) in [6.07, 6.45) is 0.569. The van der Waals surface area contributed by atoms with Crippen molar-refractivity contribution in [1.29, 1.82) is 0 Å². The van der Waals surface area contributed by atoms with E-state index >= 15 is 0 Å². The molecule has 0 aromatic carbocycles. The summed E-state index contributed by atoms with van der Waals surface area (Å²) in [5.74, 6) is -0.417. The second-order valence-electron chi connectivity index (χ2n) is 4.27. The first-order valence-corrected chi connectivity index (χ1v) is 6.25. The van der Waals surface area contributed by atoms with E-state index in [1.807, 2.05) is 0 Å². The van der Waals surface area contributed by atoms with Gasteiger partial charge in [0.05, 0.1) is 5.75 Å². The van der Waals surface area contributed by atoms with Crippen molar-refractivity contribution in [3.8, 4) is 0 Å². The average molecular weight is 206 g/mol. The van der Waals surface area contributed by atoms with Crippen LogP contribution in [0.3, 0.4) is 0 Å². The standard InChI is InChI=1S/C9H18O3S/c1-5-6-13(11,12)7-8(10)9(2,3)4/h5-7H2,1-4H3. The molecule has 0 spiro atoms. The van der Waals surface area contributed by atoms with Gasteiger partial charge >= 0.3 is 0 Å². The van der Waals surface area contributed by atoms with Gasteiger partial charge < -0.3 is 0 Å². The Morgan fingerprint density at radius 1 is 1.23 bits per heavy atom. The summed E-state index contributed by atoms with van der Waals surface area (Å²) in [6, 6.07) is 0. The Morgan fingerprint density at radius 2 is 1.69 bits per heavy atom. The molecule has 13 heavy (non-hydrogen) atoms. The minimum atomic E-state index is -3.16. The molecule has 0 aliphatic heterocycles. The SMILES string of the molecule is CCCS(=O)(=O)CC(=O)C(C)(C)C. The van der Waals surface area contributed by atoms with Crippen LogP contribution in [0.1, 0.15) is 34.1 Å². The zero-order chi connectivity index (χ0) is 10.7. The molecule has 0 aromatic rings. The third kappa shape index (κ3) is 5.03. The maximum Gasteiger partial charge on any atom is 0.157 e. The van der Waals surface area contributed by atoms with E-state index in [9.17, 15) is 13.2 Å². The first-order chi connectivity index (χ1) is 5.69. The van der Waals surface area contributed by atoms with E-state index in [2.05, 4.69) is 0 Å². The predicted octanol–water partition coefficient (Wildman–Crippen LogP) is 1.43. The molecule has 0 rings (SSSR count). The maximum atomic E-state index is 11.4. The third-order valence-corrected chi connectivity index (χ3v) is 3.43. The fraction of sp³-hybridized carbons (Fsp3) is 0.889. The Hall–Kier alpha value is -0.380. The Kier molecular flexibility index (Phi) is 4.10. The number of carbonyl (C=O) groups excluding carboxylic acids is 1. The molecule has 0 radical (unpaired) electrons. The van der Waals surface area contributed by atoms with Crippen LogP contribution in [0.25, 0.3) is 0 Å². The molecule has 4 heteroatoms. The van der Waals surface area contributed by atoms with E-state index in [0.29, 0.717) is 6.42 Å². The van der Waals surface area contributed by atoms with Crippen LogP contribution in [-0.4, -0.2) is 25.7 Å². The molecule has 78 valence electrons. The van der Waals surface area contributed by atoms with Gasteiger partial charge in [0.25, 0.3) is 0 Å². The highest BCUT2D eigenvalue weighted by Crippen LogP contribution is 2.15. The van der Waals surface area contributed by atoms with Gasteiger partial charge in [0, 0.05) is 5.41 Å². The minimum absolute atomic E-state index is 0.106. The van der Waals surface area contributed by atoms with E-state index in [0.717, 1.165) is 0 Å². The van der Waals surface area contributed by atoms with Crippen molar-refractivity contribution in [2.24, 2.45) is 5.41 Å². The van der Waals surface area contributed by atoms with Gasteiger partial charge in [-0.05, 0) is 6.42 Å². The zero-order valence-corrected chi connectivity index (χ0v) is 9.57. The van der Waals surface area contributed by atoms with Gasteiger partial charge in [-0.15, -0.1) is 0 Å². The number of ketones is 1. The Labute approximate surface area is 80.4 Å². The minimum Gasteiger partial charge on any atom is -0.298 e. The highest BCUT2D eigenvalue weighted by molar-refractivity contribution is 7.92. The van der Waals surface area contributed by atoms with Crippen molar-refractivity contribution in [2.45, 2.75) is 34.1 Å². The predicted molar refractivity (Wildman–Crippen MR) is 53.4 cm³/mol. The van der Waals surface area contributed by atoms with Crippen molar-refractivity contribution in [2.75, 3.05) is 11.5 Å². The van der Waals surface area contributed by atoms with Crippen molar-refractivity contribution in [3.05, 3.63) is 0 Å². The molecule has 0 unspecified atom stereocenters. The fourth-order valence-corrected chi connectivity index (χ4v) is 2.40. The lowest BCUT2D eigenvalue weighted by Gasteiger charge is -2.16. The maximum absolute atomic E-state index is 11.4. The molecule has 0 saturated heterocycles. The summed E-state index contributed by atoms with van der Waals surface area (Å²) in [4.78, 5) is 11.4. The Bertz CT molecular complexity index is 270. The quantitative estimate of drug-likeness (QED) is 0.699. The lowest BCUT2D eigenvalue weighted by atomic mass is 9.92. The third-order valence-electron chi connectivity index (χ3n) is 1.70. The molecule has 0 amide bonds. The molecule has 0 fully saturated rings. The molecule has 0 aromatic heterocycles. The molecule has 0 aliphatic rings. The highest BCUT2D eigenvalue weighted by Gasteiger charge is 2.26. The van der Waals surface area contributed by atoms with E-state index in [1.54, 1.807) is 27.7 Å². The van der Waals surface area contributed by atoms with Gasteiger partial charge in [-0.3, -0.25) is 4.79 Å². The summed E-state index contributed by atoms with van der Waals surface area (Å²) in [6.45, 7) is 6.99. The summed E-state index contributed by atoms with van der Waals surface area (Å²) >= 11 is 0. The highest BCUT2D eigenvalue weighted by atomic mass is 32.2. The smallest absolute Gasteiger partial charge is 0.157 e. The van der Waals surface area contributed by atoms with Gasteiger partial charge in [-0.25, -0.2) is 8.42 Å². The van der Waals surface area contributed by atoms with Gasteiger partial charge in [0.15, 0.2) is 15.6 Å². The van der Waals surface area contributed by atoms with Crippen LogP contribution in [0.4, 0.5) is 0 Å². The number of carbonyl (C=O) groups is 1. The van der Waals surface area contributed by atoms with Crippen LogP contribution in [-0.2, 0) is 14.6 Å². The summed E-state index contributed by atoms with van der Waals surface area (Å²) < 4.78 is 22.5. The fourth-order valence-electron chi connectivity index (χ4n) is 0.799. The van der Waals surface area contributed by atoms with Crippen molar-refractivity contribution < 1.29 is 13.2 Å². The first-order valence-electron chi connectivity index (χ1n) is 4.43. The van der Waals surface area contributed by atoms with Crippen molar-refractivity contribution in [1.82, 2.24) is 0 Å². The van der Waals surface area contributed by atoms with E-state index < -0.39 is 15.3 Å². The second kappa shape index (κ2) is 4.22. The Balaban J connectivity index is 4.39. The Morgan fingerprint density at radius 3 is 2.00 bits per heavy atom. The lowest BCUT2D eigenvalue weighted by Crippen LogP contribution is -2.29. The van der Waals surface area contributed by atoms with Crippen LogP contribution < -0.4 is 0 Å². The summed E-state index contributed by atoms with van der Waals surface area (Å²) in [5.41, 5.74) is -0.555. The monoisotopic (exact) mass is 206 g/mol. The summed E-state index contributed by atoms with van der Waals surface area (Å²) in [5, 5.41) is 0. The van der Waals surface area contributed by atoms with Gasteiger partial charge in [0.2, 0.25) is 0 Å². The van der Waals surface area contributed by atoms with E-state index in [-0.39, 0.29) is 17.3 Å². The van der Waals surface area contributed by atoms with Crippen LogP contribution >= 0.6 is 0 Å². The molecular weight excluding hydrogens is 188 g/mol. The number of Topliss-reactive ketones (excluding diaryl/α,β-unsaturated/α-hetero) is 1. The number of hydrogen-bond acceptors (Lipinski definition) is 3. The molecule has 0 heterocycles. The number of rotatable bonds is 4. The number of hydrogen-bond donors (Lipinski definition) is 0. The van der Waals surface area contributed by atoms with E-state index in [1.165, 1.54) is 0 Å². The van der Waals surface area contributed by atoms with Crippen LogP contribution in [0, 0.1) is 5.41 Å². The largest absolute Gasteiger partial charge is 0.298 e. The zero-order valence-electron chi connectivity index (χ0n) is 8.75.